The summed E-state index contributed by atoms with van der Waals surface area (Å²) in [6, 6.07) is 16.6. The summed E-state index contributed by atoms with van der Waals surface area (Å²) in [5.41, 5.74) is 0.729. The van der Waals surface area contributed by atoms with E-state index in [9.17, 15) is 43.8 Å². The lowest BCUT2D eigenvalue weighted by molar-refractivity contribution is -0.149. The summed E-state index contributed by atoms with van der Waals surface area (Å²) in [7, 11) is 0. The Morgan fingerprint density at radius 2 is 1.34 bits per heavy atom. The average Bonchev–Trinajstić information content (AvgIpc) is 3.09. The van der Waals surface area contributed by atoms with Gasteiger partial charge in [-0.1, -0.05) is 62.4 Å². The number of benzene rings is 3. The molecule has 15 nitrogen and oxygen atoms in total. The molecule has 0 fully saturated rings. The van der Waals surface area contributed by atoms with Crippen LogP contribution in [0.4, 0.5) is 0 Å². The Hall–Kier alpha value is -6.35. The summed E-state index contributed by atoms with van der Waals surface area (Å²) < 4.78 is 15.9. The number of aliphatic hydroxyl groups is 1. The van der Waals surface area contributed by atoms with Gasteiger partial charge in [0.1, 0.15) is 12.6 Å². The molecule has 0 radical (unpaired) electrons. The van der Waals surface area contributed by atoms with E-state index in [1.807, 2.05) is 0 Å². The fourth-order valence-corrected chi connectivity index (χ4v) is 5.70. The van der Waals surface area contributed by atoms with Gasteiger partial charge in [-0.25, -0.2) is 4.79 Å². The zero-order chi connectivity index (χ0) is 39.0. The third-order valence-corrected chi connectivity index (χ3v) is 7.91. The van der Waals surface area contributed by atoms with Gasteiger partial charge in [-0.3, -0.25) is 33.7 Å². The Kier molecular flexibility index (Phi) is 12.8. The molecule has 0 saturated carbocycles. The Balaban J connectivity index is 1.90. The molecule has 15 heteroatoms. The van der Waals surface area contributed by atoms with Crippen molar-refractivity contribution >= 4 is 47.3 Å². The van der Waals surface area contributed by atoms with E-state index >= 15 is 0 Å². The third-order valence-electron chi connectivity index (χ3n) is 7.91. The van der Waals surface area contributed by atoms with Gasteiger partial charge in [0, 0.05) is 38.1 Å². The molecule has 1 aliphatic heterocycles. The molecule has 3 N–H and O–H groups in total. The van der Waals surface area contributed by atoms with Gasteiger partial charge in [0.05, 0.1) is 11.7 Å². The maximum absolute atomic E-state index is 14.5. The van der Waals surface area contributed by atoms with Crippen LogP contribution in [0, 0.1) is 5.92 Å². The predicted octanol–water partition coefficient (Wildman–Crippen LogP) is 2.94. The van der Waals surface area contributed by atoms with Crippen molar-refractivity contribution in [3.63, 3.8) is 0 Å². The lowest BCUT2D eigenvalue weighted by Crippen LogP contribution is -2.57. The second-order valence-electron chi connectivity index (χ2n) is 12.4. The molecule has 3 atom stereocenters. The Bertz CT molecular complexity index is 1890. The lowest BCUT2D eigenvalue weighted by atomic mass is 9.95. The normalized spacial score (nSPS) is 15.2. The van der Waals surface area contributed by atoms with Crippen molar-refractivity contribution in [2.75, 3.05) is 6.54 Å². The lowest BCUT2D eigenvalue weighted by Gasteiger charge is -2.41. The van der Waals surface area contributed by atoms with Gasteiger partial charge in [0.15, 0.2) is 17.6 Å². The van der Waals surface area contributed by atoms with Crippen LogP contribution in [-0.2, 0) is 35.2 Å². The van der Waals surface area contributed by atoms with Gasteiger partial charge in [0.25, 0.3) is 11.8 Å². The number of carbonyl (C=O) groups is 7. The van der Waals surface area contributed by atoms with Crippen LogP contribution in [0.5, 0.6) is 17.2 Å². The number of hydrogen-bond donors (Lipinski definition) is 3. The van der Waals surface area contributed by atoms with Crippen molar-refractivity contribution in [3.8, 4) is 17.2 Å². The zero-order valence-electron chi connectivity index (χ0n) is 29.6. The molecule has 0 bridgehead atoms. The fourth-order valence-electron chi connectivity index (χ4n) is 5.70. The maximum atomic E-state index is 14.5. The number of carbonyl (C=O) groups excluding carboxylic acids is 6. The summed E-state index contributed by atoms with van der Waals surface area (Å²) in [4.78, 5) is 92.7. The molecular formula is C38H39N3O12. The van der Waals surface area contributed by atoms with Gasteiger partial charge in [-0.05, 0) is 42.2 Å². The number of hydrogen-bond acceptors (Lipinski definition) is 11. The Labute approximate surface area is 304 Å². The van der Waals surface area contributed by atoms with Gasteiger partial charge < -0.3 is 34.6 Å². The SMILES string of the molecule is CC(=O)Oc1cc(C2=CN(C(=O)c3ccccc3)C(C(C)C)C(=O)N2CC(=O)N[C@@H](Cc2ccccc2)C(O)C(=O)O)cc(OC(C)=O)c1OC(C)=O. The summed E-state index contributed by atoms with van der Waals surface area (Å²) in [6.45, 7) is 5.87. The molecule has 3 amide bonds. The molecule has 0 aliphatic carbocycles. The first-order chi connectivity index (χ1) is 25.1. The highest BCUT2D eigenvalue weighted by Gasteiger charge is 2.42. The van der Waals surface area contributed by atoms with Crippen molar-refractivity contribution in [1.29, 1.82) is 0 Å². The van der Waals surface area contributed by atoms with Crippen molar-refractivity contribution in [2.24, 2.45) is 5.92 Å². The third kappa shape index (κ3) is 9.92. The van der Waals surface area contributed by atoms with Crippen molar-refractivity contribution < 1.29 is 58.0 Å². The summed E-state index contributed by atoms with van der Waals surface area (Å²) in [6.07, 6.45) is -0.766. The topological polar surface area (TPSA) is 206 Å². The molecule has 53 heavy (non-hydrogen) atoms. The van der Waals surface area contributed by atoms with E-state index in [0.717, 1.165) is 25.7 Å². The molecule has 3 aromatic rings. The minimum Gasteiger partial charge on any atom is -0.479 e. The van der Waals surface area contributed by atoms with Crippen LogP contribution >= 0.6 is 0 Å². The predicted molar refractivity (Wildman–Crippen MR) is 187 cm³/mol. The van der Waals surface area contributed by atoms with Crippen LogP contribution in [-0.4, -0.2) is 86.3 Å². The van der Waals surface area contributed by atoms with Gasteiger partial charge in [-0.15, -0.1) is 0 Å². The number of esters is 3. The molecular weight excluding hydrogens is 690 g/mol. The number of carboxylic acids is 1. The molecule has 278 valence electrons. The largest absolute Gasteiger partial charge is 0.479 e. The molecule has 2 unspecified atom stereocenters. The first-order valence-corrected chi connectivity index (χ1v) is 16.5. The molecule has 1 aliphatic rings. The molecule has 0 aromatic heterocycles. The van der Waals surface area contributed by atoms with Crippen LogP contribution < -0.4 is 19.5 Å². The molecule has 4 rings (SSSR count). The second kappa shape index (κ2) is 17.2. The van der Waals surface area contributed by atoms with Crippen LogP contribution in [0.15, 0.2) is 79.0 Å². The van der Waals surface area contributed by atoms with Crippen molar-refractivity contribution in [2.45, 2.75) is 59.2 Å². The summed E-state index contributed by atoms with van der Waals surface area (Å²) in [5, 5.41) is 22.7. The number of carboxylic acid groups (broad SMARTS) is 1. The maximum Gasteiger partial charge on any atom is 0.334 e. The zero-order valence-corrected chi connectivity index (χ0v) is 29.6. The van der Waals surface area contributed by atoms with Crippen LogP contribution in [0.3, 0.4) is 0 Å². The van der Waals surface area contributed by atoms with E-state index in [2.05, 4.69) is 5.32 Å². The number of aliphatic carboxylic acids is 1. The average molecular weight is 730 g/mol. The van der Waals surface area contributed by atoms with Crippen molar-refractivity contribution in [1.82, 2.24) is 15.1 Å². The quantitative estimate of drug-likeness (QED) is 0.172. The number of nitrogens with zero attached hydrogens (tertiary/aromatic N) is 2. The van der Waals surface area contributed by atoms with Gasteiger partial charge in [-0.2, -0.15) is 0 Å². The molecule has 3 aromatic carbocycles. The number of aliphatic hydroxyl groups excluding tert-OH is 1. The number of ether oxygens (including phenoxy) is 3. The van der Waals surface area contributed by atoms with E-state index in [-0.39, 0.29) is 23.2 Å². The van der Waals surface area contributed by atoms with E-state index in [1.165, 1.54) is 23.2 Å². The number of rotatable bonds is 13. The van der Waals surface area contributed by atoms with E-state index in [4.69, 9.17) is 14.2 Å². The smallest absolute Gasteiger partial charge is 0.334 e. The fraction of sp³-hybridized carbons (Fsp3) is 0.289. The standard InChI is InChI=1S/C38H39N3O12/c1-21(2)33-37(48)40(20-32(45)39-28(34(46)38(49)50)16-25-12-8-6-9-13-25)29(19-41(33)36(47)26-14-10-7-11-15-26)27-17-30(51-22(3)42)35(53-24(5)44)31(18-27)52-23(4)43/h6-15,17-19,21,28,33-34,46H,16,20H2,1-5H3,(H,39,45)(H,49,50)/t28-,33?,34?/m0/s1. The molecule has 0 saturated heterocycles. The number of amides is 3. The number of nitrogens with one attached hydrogen (secondary N) is 1. The van der Waals surface area contributed by atoms with Crippen molar-refractivity contribution in [3.05, 3.63) is 95.7 Å². The Morgan fingerprint density at radius 3 is 1.83 bits per heavy atom. The summed E-state index contributed by atoms with van der Waals surface area (Å²) in [5.74, 6) is -8.00. The van der Waals surface area contributed by atoms with Gasteiger partial charge in [0.2, 0.25) is 11.7 Å². The highest BCUT2D eigenvalue weighted by Crippen LogP contribution is 2.43. The van der Waals surface area contributed by atoms with E-state index in [1.54, 1.807) is 74.5 Å². The van der Waals surface area contributed by atoms with E-state index < -0.39 is 89.5 Å². The minimum atomic E-state index is -2.01. The highest BCUT2D eigenvalue weighted by atomic mass is 16.6. The van der Waals surface area contributed by atoms with E-state index in [0.29, 0.717) is 5.56 Å². The van der Waals surface area contributed by atoms with Crippen LogP contribution in [0.25, 0.3) is 5.70 Å². The van der Waals surface area contributed by atoms with Crippen LogP contribution in [0.1, 0.15) is 56.1 Å². The summed E-state index contributed by atoms with van der Waals surface area (Å²) >= 11 is 0. The molecule has 1 heterocycles. The monoisotopic (exact) mass is 729 g/mol. The highest BCUT2D eigenvalue weighted by molar-refractivity contribution is 6.04. The first kappa shape index (κ1) is 39.4. The molecule has 0 spiro atoms. The van der Waals surface area contributed by atoms with Crippen LogP contribution in [0.2, 0.25) is 0 Å². The second-order valence-corrected chi connectivity index (χ2v) is 12.4. The first-order valence-electron chi connectivity index (χ1n) is 16.5. The minimum absolute atomic E-state index is 0.0194. The Morgan fingerprint density at radius 1 is 0.811 bits per heavy atom. The van der Waals surface area contributed by atoms with Gasteiger partial charge >= 0.3 is 23.9 Å².